The van der Waals surface area contributed by atoms with Gasteiger partial charge < -0.3 is 14.2 Å². The van der Waals surface area contributed by atoms with Crippen LogP contribution in [0, 0.1) is 0 Å². The van der Waals surface area contributed by atoms with Crippen LogP contribution in [0.2, 0.25) is 0 Å². The number of ether oxygens (including phenoxy) is 3. The lowest BCUT2D eigenvalue weighted by Gasteiger charge is -2.26. The Kier molecular flexibility index (Phi) is 7.36. The van der Waals surface area contributed by atoms with Crippen molar-refractivity contribution in [2.75, 3.05) is 33.5 Å². The molecule has 0 saturated heterocycles. The first-order valence-electron chi connectivity index (χ1n) is 5.67. The van der Waals surface area contributed by atoms with Crippen molar-refractivity contribution < 1.29 is 14.2 Å². The predicted molar refractivity (Wildman–Crippen MR) is 60.5 cm³/mol. The van der Waals surface area contributed by atoms with Crippen LogP contribution in [-0.4, -0.2) is 45.0 Å². The Balaban J connectivity index is 1.94. The van der Waals surface area contributed by atoms with Crippen molar-refractivity contribution in [2.24, 2.45) is 0 Å². The highest BCUT2D eigenvalue weighted by Gasteiger charge is 2.23. The lowest BCUT2D eigenvalue weighted by Crippen LogP contribution is -2.29. The fourth-order valence-electron chi connectivity index (χ4n) is 1.74. The first kappa shape index (κ1) is 13.2. The highest BCUT2D eigenvalue weighted by atomic mass is 35.5. The molecule has 0 aromatic rings. The van der Waals surface area contributed by atoms with Crippen LogP contribution in [-0.2, 0) is 14.2 Å². The summed E-state index contributed by atoms with van der Waals surface area (Å²) in [7, 11) is 1.67. The Morgan fingerprint density at radius 1 is 1.07 bits per heavy atom. The molecular weight excluding hydrogens is 216 g/mol. The van der Waals surface area contributed by atoms with Gasteiger partial charge in [-0.15, -0.1) is 11.6 Å². The molecule has 0 aromatic heterocycles. The summed E-state index contributed by atoms with van der Waals surface area (Å²) < 4.78 is 15.9. The molecule has 1 aliphatic rings. The standard InChI is InChI=1S/C11H21ClO3/c1-13-6-7-14-8-9-15-11-5-3-2-4-10(11)12/h10-11H,2-9H2,1H3/t10-,11?/m0/s1. The van der Waals surface area contributed by atoms with Crippen LogP contribution in [0.3, 0.4) is 0 Å². The molecule has 1 saturated carbocycles. The molecule has 1 fully saturated rings. The van der Waals surface area contributed by atoms with E-state index in [4.69, 9.17) is 25.8 Å². The van der Waals surface area contributed by atoms with Crippen molar-refractivity contribution in [2.45, 2.75) is 37.2 Å². The van der Waals surface area contributed by atoms with Gasteiger partial charge in [0.25, 0.3) is 0 Å². The summed E-state index contributed by atoms with van der Waals surface area (Å²) in [6.45, 7) is 2.54. The summed E-state index contributed by atoms with van der Waals surface area (Å²) in [5.41, 5.74) is 0. The second-order valence-corrected chi connectivity index (χ2v) is 4.38. The molecule has 0 bridgehead atoms. The summed E-state index contributed by atoms with van der Waals surface area (Å²) in [6, 6.07) is 0. The largest absolute Gasteiger partial charge is 0.382 e. The number of rotatable bonds is 7. The summed E-state index contributed by atoms with van der Waals surface area (Å²) in [5.74, 6) is 0. The molecule has 0 spiro atoms. The van der Waals surface area contributed by atoms with Crippen LogP contribution in [0.15, 0.2) is 0 Å². The highest BCUT2D eigenvalue weighted by Crippen LogP contribution is 2.25. The van der Waals surface area contributed by atoms with E-state index in [1.54, 1.807) is 7.11 Å². The fraction of sp³-hybridized carbons (Fsp3) is 1.00. The number of hydrogen-bond acceptors (Lipinski definition) is 3. The normalized spacial score (nSPS) is 26.8. The Bertz CT molecular complexity index is 155. The maximum absolute atomic E-state index is 6.16. The molecule has 15 heavy (non-hydrogen) atoms. The average molecular weight is 237 g/mol. The summed E-state index contributed by atoms with van der Waals surface area (Å²) in [6.07, 6.45) is 4.87. The lowest BCUT2D eigenvalue weighted by atomic mass is 9.97. The molecule has 0 N–H and O–H groups in total. The van der Waals surface area contributed by atoms with Crippen molar-refractivity contribution in [1.29, 1.82) is 0 Å². The average Bonchev–Trinajstić information content (AvgIpc) is 2.25. The van der Waals surface area contributed by atoms with Gasteiger partial charge in [0.2, 0.25) is 0 Å². The SMILES string of the molecule is COCCOCCOC1CCCC[C@@H]1Cl. The molecule has 4 heteroatoms. The Morgan fingerprint density at radius 3 is 2.53 bits per heavy atom. The van der Waals surface area contributed by atoms with Crippen molar-refractivity contribution in [1.82, 2.24) is 0 Å². The molecule has 2 atom stereocenters. The van der Waals surface area contributed by atoms with E-state index in [0.717, 1.165) is 12.8 Å². The zero-order valence-electron chi connectivity index (χ0n) is 9.41. The van der Waals surface area contributed by atoms with Crippen LogP contribution < -0.4 is 0 Å². The zero-order valence-corrected chi connectivity index (χ0v) is 10.2. The van der Waals surface area contributed by atoms with Crippen LogP contribution >= 0.6 is 11.6 Å². The summed E-state index contributed by atoms with van der Waals surface area (Å²) in [4.78, 5) is 0. The summed E-state index contributed by atoms with van der Waals surface area (Å²) >= 11 is 6.16. The number of methoxy groups -OCH3 is 1. The van der Waals surface area contributed by atoms with Crippen LogP contribution in [0.25, 0.3) is 0 Å². The third-order valence-corrected chi connectivity index (χ3v) is 3.11. The van der Waals surface area contributed by atoms with Crippen LogP contribution in [0.1, 0.15) is 25.7 Å². The molecule has 1 rings (SSSR count). The van der Waals surface area contributed by atoms with E-state index in [-0.39, 0.29) is 11.5 Å². The highest BCUT2D eigenvalue weighted by molar-refractivity contribution is 6.21. The first-order valence-corrected chi connectivity index (χ1v) is 6.10. The third kappa shape index (κ3) is 5.71. The quantitative estimate of drug-likeness (QED) is 0.501. The minimum absolute atomic E-state index is 0.192. The van der Waals surface area contributed by atoms with Gasteiger partial charge in [0.05, 0.1) is 37.9 Å². The molecule has 0 heterocycles. The Morgan fingerprint density at radius 2 is 1.80 bits per heavy atom. The Hall–Kier alpha value is 0.170. The van der Waals surface area contributed by atoms with Gasteiger partial charge in [-0.3, -0.25) is 0 Å². The maximum Gasteiger partial charge on any atom is 0.0739 e. The monoisotopic (exact) mass is 236 g/mol. The van der Waals surface area contributed by atoms with E-state index in [0.29, 0.717) is 26.4 Å². The van der Waals surface area contributed by atoms with Gasteiger partial charge in [0.1, 0.15) is 0 Å². The first-order chi connectivity index (χ1) is 7.34. The Labute approximate surface area is 97.0 Å². The zero-order chi connectivity index (χ0) is 10.9. The van der Waals surface area contributed by atoms with E-state index in [9.17, 15) is 0 Å². The summed E-state index contributed by atoms with van der Waals surface area (Å²) in [5, 5.41) is 0.192. The second-order valence-electron chi connectivity index (χ2n) is 3.81. The van der Waals surface area contributed by atoms with Gasteiger partial charge >= 0.3 is 0 Å². The van der Waals surface area contributed by atoms with Gasteiger partial charge in [-0.2, -0.15) is 0 Å². The smallest absolute Gasteiger partial charge is 0.0739 e. The molecule has 0 amide bonds. The van der Waals surface area contributed by atoms with Gasteiger partial charge in [0, 0.05) is 7.11 Å². The van der Waals surface area contributed by atoms with E-state index < -0.39 is 0 Å². The molecule has 0 aromatic carbocycles. The second kappa shape index (κ2) is 8.34. The number of hydrogen-bond donors (Lipinski definition) is 0. The maximum atomic E-state index is 6.16. The van der Waals surface area contributed by atoms with E-state index >= 15 is 0 Å². The van der Waals surface area contributed by atoms with Crippen molar-refractivity contribution in [3.05, 3.63) is 0 Å². The topological polar surface area (TPSA) is 27.7 Å². The molecular formula is C11H21ClO3. The van der Waals surface area contributed by atoms with E-state index in [1.807, 2.05) is 0 Å². The van der Waals surface area contributed by atoms with Gasteiger partial charge in [-0.25, -0.2) is 0 Å². The van der Waals surface area contributed by atoms with E-state index in [1.165, 1.54) is 12.8 Å². The molecule has 1 aliphatic carbocycles. The molecule has 0 radical (unpaired) electrons. The molecule has 90 valence electrons. The van der Waals surface area contributed by atoms with Crippen molar-refractivity contribution in [3.63, 3.8) is 0 Å². The van der Waals surface area contributed by atoms with Crippen LogP contribution in [0.5, 0.6) is 0 Å². The molecule has 0 aliphatic heterocycles. The minimum Gasteiger partial charge on any atom is -0.382 e. The molecule has 3 nitrogen and oxygen atoms in total. The van der Waals surface area contributed by atoms with Crippen molar-refractivity contribution >= 4 is 11.6 Å². The molecule has 1 unspecified atom stereocenters. The fourth-order valence-corrected chi connectivity index (χ4v) is 2.10. The van der Waals surface area contributed by atoms with Crippen molar-refractivity contribution in [3.8, 4) is 0 Å². The van der Waals surface area contributed by atoms with Gasteiger partial charge in [-0.1, -0.05) is 12.8 Å². The van der Waals surface area contributed by atoms with E-state index in [2.05, 4.69) is 0 Å². The predicted octanol–water partition coefficient (Wildman–Crippen LogP) is 2.22. The minimum atomic E-state index is 0.192. The van der Waals surface area contributed by atoms with Crippen LogP contribution in [0.4, 0.5) is 0 Å². The third-order valence-electron chi connectivity index (χ3n) is 2.61. The van der Waals surface area contributed by atoms with Gasteiger partial charge in [0.15, 0.2) is 0 Å². The lowest BCUT2D eigenvalue weighted by molar-refractivity contribution is -0.0165. The number of alkyl halides is 1. The van der Waals surface area contributed by atoms with Gasteiger partial charge in [-0.05, 0) is 12.8 Å². The number of halogens is 1.